The van der Waals surface area contributed by atoms with Crippen LogP contribution in [0.3, 0.4) is 0 Å². The maximum absolute atomic E-state index is 12.3. The molecule has 0 saturated carbocycles. The van der Waals surface area contributed by atoms with E-state index in [0.717, 1.165) is 35.7 Å². The average Bonchev–Trinajstić information content (AvgIpc) is 2.97. The van der Waals surface area contributed by atoms with Crippen molar-refractivity contribution in [2.45, 2.75) is 39.7 Å². The van der Waals surface area contributed by atoms with Crippen molar-refractivity contribution in [3.05, 3.63) is 63.7 Å². The monoisotopic (exact) mass is 394 g/mol. The number of carbonyl (C=O) groups is 1. The van der Waals surface area contributed by atoms with Gasteiger partial charge in [0, 0.05) is 29.6 Å². The molecule has 8 nitrogen and oxygen atoms in total. The molecule has 2 aromatic carbocycles. The smallest absolute Gasteiger partial charge is 0.295 e. The van der Waals surface area contributed by atoms with Gasteiger partial charge in [-0.3, -0.25) is 14.9 Å². The Morgan fingerprint density at radius 1 is 1.17 bits per heavy atom. The van der Waals surface area contributed by atoms with Gasteiger partial charge in [0.25, 0.3) is 11.6 Å². The summed E-state index contributed by atoms with van der Waals surface area (Å²) >= 11 is 0. The van der Waals surface area contributed by atoms with Crippen molar-refractivity contribution in [1.29, 1.82) is 0 Å². The summed E-state index contributed by atoms with van der Waals surface area (Å²) in [6.07, 6.45) is 3.02. The summed E-state index contributed by atoms with van der Waals surface area (Å²) in [5, 5.41) is 29.9. The minimum atomic E-state index is -0.640. The topological polar surface area (TPSA) is 110 Å². The van der Waals surface area contributed by atoms with Gasteiger partial charge in [0.15, 0.2) is 5.69 Å². The molecule has 0 aliphatic rings. The van der Waals surface area contributed by atoms with Crippen LogP contribution in [0.5, 0.6) is 5.88 Å². The molecule has 1 N–H and O–H groups in total. The maximum Gasteiger partial charge on any atom is 0.295 e. The minimum Gasteiger partial charge on any atom is -0.493 e. The zero-order valence-corrected chi connectivity index (χ0v) is 16.3. The van der Waals surface area contributed by atoms with E-state index in [9.17, 15) is 20.0 Å². The summed E-state index contributed by atoms with van der Waals surface area (Å²) in [7, 11) is 0. The number of hydrogen-bond donors (Lipinski definition) is 1. The SMILES string of the molecule is CCCCCn1c(O)c(N=NC(=O)c2ccc([N+](=O)[O-])cc2)c2cc(C)ccc21. The first-order valence-corrected chi connectivity index (χ1v) is 9.44. The van der Waals surface area contributed by atoms with Crippen LogP contribution in [-0.2, 0) is 6.54 Å². The van der Waals surface area contributed by atoms with E-state index in [4.69, 9.17) is 0 Å². The summed E-state index contributed by atoms with van der Waals surface area (Å²) in [6, 6.07) is 10.9. The number of amides is 1. The van der Waals surface area contributed by atoms with Crippen molar-refractivity contribution < 1.29 is 14.8 Å². The molecule has 0 saturated heterocycles. The molecule has 0 aliphatic heterocycles. The van der Waals surface area contributed by atoms with E-state index in [2.05, 4.69) is 17.2 Å². The molecule has 8 heteroatoms. The molecule has 3 aromatic rings. The van der Waals surface area contributed by atoms with Gasteiger partial charge in [-0.15, -0.1) is 10.2 Å². The number of aromatic hydroxyl groups is 1. The standard InChI is InChI=1S/C21H22N4O4/c1-3-4-5-12-24-18-11-6-14(2)13-17(18)19(21(24)27)22-23-20(26)15-7-9-16(10-8-15)25(28)29/h6-11,13,27H,3-5,12H2,1-2H3. The zero-order chi connectivity index (χ0) is 21.0. The fraction of sp³-hybridized carbons (Fsp3) is 0.286. The second kappa shape index (κ2) is 8.64. The molecule has 3 rings (SSSR count). The lowest BCUT2D eigenvalue weighted by Gasteiger charge is -2.06. The summed E-state index contributed by atoms with van der Waals surface area (Å²) in [6.45, 7) is 4.69. The van der Waals surface area contributed by atoms with Crippen LogP contribution in [0.15, 0.2) is 52.7 Å². The lowest BCUT2D eigenvalue weighted by Crippen LogP contribution is -1.97. The molecule has 0 bridgehead atoms. The Labute approximate surface area is 167 Å². The molecule has 0 unspecified atom stereocenters. The van der Waals surface area contributed by atoms with E-state index < -0.39 is 10.8 Å². The number of nitrogens with zero attached hydrogens (tertiary/aromatic N) is 4. The molecule has 0 fully saturated rings. The predicted octanol–water partition coefficient (Wildman–Crippen LogP) is 5.68. The van der Waals surface area contributed by atoms with Gasteiger partial charge in [-0.05, 0) is 37.6 Å². The second-order valence-corrected chi connectivity index (χ2v) is 6.86. The number of nitro groups is 1. The van der Waals surface area contributed by atoms with Crippen LogP contribution in [0.2, 0.25) is 0 Å². The lowest BCUT2D eigenvalue weighted by molar-refractivity contribution is -0.384. The van der Waals surface area contributed by atoms with Crippen LogP contribution in [0.25, 0.3) is 10.9 Å². The van der Waals surface area contributed by atoms with Gasteiger partial charge >= 0.3 is 0 Å². The van der Waals surface area contributed by atoms with E-state index in [1.54, 1.807) is 4.57 Å². The fourth-order valence-corrected chi connectivity index (χ4v) is 3.16. The first-order chi connectivity index (χ1) is 13.9. The van der Waals surface area contributed by atoms with E-state index in [0.29, 0.717) is 6.54 Å². The van der Waals surface area contributed by atoms with Crippen LogP contribution < -0.4 is 0 Å². The van der Waals surface area contributed by atoms with Crippen LogP contribution in [0.1, 0.15) is 42.1 Å². The normalized spacial score (nSPS) is 11.4. The average molecular weight is 394 g/mol. The van der Waals surface area contributed by atoms with E-state index >= 15 is 0 Å². The van der Waals surface area contributed by atoms with E-state index in [1.165, 1.54) is 24.3 Å². The van der Waals surface area contributed by atoms with Crippen molar-refractivity contribution in [1.82, 2.24) is 4.57 Å². The third-order valence-corrected chi connectivity index (χ3v) is 4.72. The molecule has 0 radical (unpaired) electrons. The van der Waals surface area contributed by atoms with Crippen molar-refractivity contribution in [2.75, 3.05) is 0 Å². The van der Waals surface area contributed by atoms with Gasteiger partial charge in [0.05, 0.1) is 10.4 Å². The summed E-state index contributed by atoms with van der Waals surface area (Å²) < 4.78 is 1.79. The zero-order valence-electron chi connectivity index (χ0n) is 16.3. The predicted molar refractivity (Wildman–Crippen MR) is 110 cm³/mol. The van der Waals surface area contributed by atoms with Gasteiger partial charge in [-0.2, -0.15) is 0 Å². The largest absolute Gasteiger partial charge is 0.493 e. The number of aromatic nitrogens is 1. The van der Waals surface area contributed by atoms with Crippen LogP contribution >= 0.6 is 0 Å². The first kappa shape index (κ1) is 20.2. The number of nitro benzene ring substituents is 1. The third-order valence-electron chi connectivity index (χ3n) is 4.72. The number of azo groups is 1. The highest BCUT2D eigenvalue weighted by Gasteiger charge is 2.17. The van der Waals surface area contributed by atoms with E-state index in [1.807, 2.05) is 25.1 Å². The summed E-state index contributed by atoms with van der Waals surface area (Å²) in [5.74, 6) is -0.666. The third kappa shape index (κ3) is 4.31. The molecular weight excluding hydrogens is 372 g/mol. The lowest BCUT2D eigenvalue weighted by atomic mass is 10.1. The van der Waals surface area contributed by atoms with Gasteiger partial charge in [-0.1, -0.05) is 31.4 Å². The summed E-state index contributed by atoms with van der Waals surface area (Å²) in [4.78, 5) is 22.5. The quantitative estimate of drug-likeness (QED) is 0.240. The molecule has 0 spiro atoms. The van der Waals surface area contributed by atoms with Gasteiger partial charge < -0.3 is 9.67 Å². The number of fused-ring (bicyclic) bond motifs is 1. The Hall–Kier alpha value is -3.55. The first-order valence-electron chi connectivity index (χ1n) is 9.44. The molecule has 150 valence electrons. The molecular formula is C21H22N4O4. The number of aryl methyl sites for hydroxylation is 2. The highest BCUT2D eigenvalue weighted by Crippen LogP contribution is 2.39. The highest BCUT2D eigenvalue weighted by atomic mass is 16.6. The molecule has 29 heavy (non-hydrogen) atoms. The number of benzene rings is 2. The fourth-order valence-electron chi connectivity index (χ4n) is 3.16. The van der Waals surface area contributed by atoms with Crippen molar-refractivity contribution in [3.63, 3.8) is 0 Å². The molecule has 0 atom stereocenters. The highest BCUT2D eigenvalue weighted by molar-refractivity contribution is 5.97. The summed E-state index contributed by atoms with van der Waals surface area (Å²) in [5.41, 5.74) is 2.15. The minimum absolute atomic E-state index is 0.0260. The number of hydrogen-bond acceptors (Lipinski definition) is 5. The number of non-ortho nitro benzene ring substituents is 1. The van der Waals surface area contributed by atoms with Crippen LogP contribution in [0.4, 0.5) is 11.4 Å². The van der Waals surface area contributed by atoms with Crippen LogP contribution in [0, 0.1) is 17.0 Å². The molecule has 1 heterocycles. The Morgan fingerprint density at radius 2 is 1.90 bits per heavy atom. The molecule has 0 aliphatic carbocycles. The van der Waals surface area contributed by atoms with E-state index in [-0.39, 0.29) is 22.8 Å². The van der Waals surface area contributed by atoms with Gasteiger partial charge in [0.1, 0.15) is 0 Å². The van der Waals surface area contributed by atoms with Crippen LogP contribution in [-0.4, -0.2) is 20.5 Å². The molecule has 1 aromatic heterocycles. The Morgan fingerprint density at radius 3 is 2.55 bits per heavy atom. The Balaban J connectivity index is 1.94. The second-order valence-electron chi connectivity index (χ2n) is 6.86. The number of unbranched alkanes of at least 4 members (excludes halogenated alkanes) is 2. The number of rotatable bonds is 7. The van der Waals surface area contributed by atoms with Crippen molar-refractivity contribution in [3.8, 4) is 5.88 Å². The van der Waals surface area contributed by atoms with Crippen molar-refractivity contribution in [2.24, 2.45) is 10.2 Å². The van der Waals surface area contributed by atoms with Crippen molar-refractivity contribution >= 4 is 28.2 Å². The maximum atomic E-state index is 12.3. The van der Waals surface area contributed by atoms with Gasteiger partial charge in [-0.25, -0.2) is 0 Å². The van der Waals surface area contributed by atoms with Gasteiger partial charge in [0.2, 0.25) is 5.88 Å². The number of carbonyl (C=O) groups excluding carboxylic acids is 1. The Bertz CT molecular complexity index is 1080. The molecule has 1 amide bonds. The Kier molecular flexibility index (Phi) is 6.01.